The minimum Gasteiger partial charge on any atom is -0.364 e. The molecule has 0 fully saturated rings. The first-order valence-corrected chi connectivity index (χ1v) is 3.97. The van der Waals surface area contributed by atoms with Crippen LogP contribution in [0.15, 0.2) is 10.8 Å². The van der Waals surface area contributed by atoms with Gasteiger partial charge in [0, 0.05) is 18.7 Å². The second-order valence-electron chi connectivity index (χ2n) is 2.46. The van der Waals surface area contributed by atoms with E-state index < -0.39 is 0 Å². The van der Waals surface area contributed by atoms with Gasteiger partial charge in [0.25, 0.3) is 0 Å². The van der Waals surface area contributed by atoms with E-state index in [4.69, 9.17) is 4.52 Å². The van der Waals surface area contributed by atoms with Crippen molar-refractivity contribution in [3.8, 4) is 0 Å². The van der Waals surface area contributed by atoms with Crippen LogP contribution in [0.1, 0.15) is 25.1 Å². The van der Waals surface area contributed by atoms with Crippen molar-refractivity contribution in [3.05, 3.63) is 17.5 Å². The first kappa shape index (κ1) is 8.27. The average Bonchev–Trinajstić information content (AvgIpc) is 2.51. The Kier molecular flexibility index (Phi) is 2.65. The van der Waals surface area contributed by atoms with Crippen LogP contribution in [-0.4, -0.2) is 17.1 Å². The molecular weight excluding hydrogens is 140 g/mol. The summed E-state index contributed by atoms with van der Waals surface area (Å²) in [7, 11) is 2.07. The van der Waals surface area contributed by atoms with Crippen molar-refractivity contribution in [1.82, 2.24) is 10.1 Å². The van der Waals surface area contributed by atoms with Crippen LogP contribution in [0.25, 0.3) is 0 Å². The predicted octanol–water partition coefficient (Wildman–Crippen LogP) is 1.65. The number of rotatable bonds is 0. The van der Waals surface area contributed by atoms with Gasteiger partial charge < -0.3 is 4.52 Å². The lowest BCUT2D eigenvalue weighted by molar-refractivity contribution is 0.322. The van der Waals surface area contributed by atoms with Gasteiger partial charge in [0.15, 0.2) is 0 Å². The summed E-state index contributed by atoms with van der Waals surface area (Å²) in [5.41, 5.74) is 2.33. The third-order valence-corrected chi connectivity index (χ3v) is 1.59. The Bertz CT molecular complexity index is 199. The molecule has 1 aromatic rings. The van der Waals surface area contributed by atoms with E-state index >= 15 is 0 Å². The molecule has 0 N–H and O–H groups in total. The van der Waals surface area contributed by atoms with E-state index in [0.717, 1.165) is 18.8 Å². The van der Waals surface area contributed by atoms with E-state index in [9.17, 15) is 0 Å². The van der Waals surface area contributed by atoms with Gasteiger partial charge in [0.2, 0.25) is 0 Å². The first-order chi connectivity index (χ1) is 5.36. The zero-order chi connectivity index (χ0) is 8.27. The summed E-state index contributed by atoms with van der Waals surface area (Å²) in [5, 5.41) is 3.83. The molecule has 0 spiro atoms. The maximum absolute atomic E-state index is 4.76. The summed E-state index contributed by atoms with van der Waals surface area (Å²) >= 11 is 0. The highest BCUT2D eigenvalue weighted by atomic mass is 16.5. The van der Waals surface area contributed by atoms with Crippen molar-refractivity contribution < 1.29 is 4.52 Å². The van der Waals surface area contributed by atoms with E-state index in [1.807, 2.05) is 13.8 Å². The van der Waals surface area contributed by atoms with Gasteiger partial charge >= 0.3 is 0 Å². The molecule has 3 heteroatoms. The van der Waals surface area contributed by atoms with Crippen LogP contribution in [-0.2, 0) is 13.1 Å². The SMILES string of the molecule is CC.CN1Cc2conc2C1. The summed E-state index contributed by atoms with van der Waals surface area (Å²) in [6.07, 6.45) is 1.72. The maximum atomic E-state index is 4.76. The molecule has 0 radical (unpaired) electrons. The van der Waals surface area contributed by atoms with Gasteiger partial charge in [0.1, 0.15) is 12.0 Å². The number of nitrogens with zero attached hydrogens (tertiary/aromatic N) is 2. The molecule has 11 heavy (non-hydrogen) atoms. The summed E-state index contributed by atoms with van der Waals surface area (Å²) in [4.78, 5) is 2.20. The van der Waals surface area contributed by atoms with Gasteiger partial charge in [-0.15, -0.1) is 0 Å². The molecule has 0 unspecified atom stereocenters. The predicted molar refractivity (Wildman–Crippen MR) is 43.0 cm³/mol. The van der Waals surface area contributed by atoms with E-state index in [2.05, 4.69) is 17.1 Å². The van der Waals surface area contributed by atoms with Crippen molar-refractivity contribution in [2.24, 2.45) is 0 Å². The Morgan fingerprint density at radius 1 is 1.45 bits per heavy atom. The molecule has 2 rings (SSSR count). The first-order valence-electron chi connectivity index (χ1n) is 3.97. The van der Waals surface area contributed by atoms with Crippen LogP contribution in [0.2, 0.25) is 0 Å². The summed E-state index contributed by atoms with van der Waals surface area (Å²) in [6, 6.07) is 0. The Balaban J connectivity index is 0.000000281. The van der Waals surface area contributed by atoms with Gasteiger partial charge in [-0.3, -0.25) is 4.90 Å². The summed E-state index contributed by atoms with van der Waals surface area (Å²) in [5.74, 6) is 0. The lowest BCUT2D eigenvalue weighted by atomic mass is 10.3. The fourth-order valence-electron chi connectivity index (χ4n) is 1.14. The monoisotopic (exact) mass is 154 g/mol. The van der Waals surface area contributed by atoms with E-state index in [0.29, 0.717) is 0 Å². The molecule has 1 aromatic heterocycles. The van der Waals surface area contributed by atoms with Gasteiger partial charge in [-0.1, -0.05) is 19.0 Å². The largest absolute Gasteiger partial charge is 0.364 e. The quantitative estimate of drug-likeness (QED) is 0.569. The van der Waals surface area contributed by atoms with E-state index in [1.54, 1.807) is 6.26 Å². The standard InChI is InChI=1S/C6H8N2O.C2H6/c1-8-2-5-4-9-7-6(5)3-8;1-2/h4H,2-3H2,1H3;1-2H3. The fourth-order valence-corrected chi connectivity index (χ4v) is 1.14. The Hall–Kier alpha value is -0.830. The van der Waals surface area contributed by atoms with Crippen LogP contribution in [0.5, 0.6) is 0 Å². The summed E-state index contributed by atoms with van der Waals surface area (Å²) in [6.45, 7) is 5.92. The molecule has 62 valence electrons. The van der Waals surface area contributed by atoms with Crippen LogP contribution in [0.4, 0.5) is 0 Å². The molecule has 0 saturated carbocycles. The molecule has 0 atom stereocenters. The van der Waals surface area contributed by atoms with Gasteiger partial charge in [-0.05, 0) is 7.05 Å². The average molecular weight is 154 g/mol. The number of aromatic nitrogens is 1. The van der Waals surface area contributed by atoms with Crippen molar-refractivity contribution >= 4 is 0 Å². The lowest BCUT2D eigenvalue weighted by Gasteiger charge is -2.02. The molecule has 0 saturated heterocycles. The number of fused-ring (bicyclic) bond motifs is 1. The molecule has 0 aliphatic carbocycles. The minimum absolute atomic E-state index is 0.936. The van der Waals surface area contributed by atoms with Crippen molar-refractivity contribution in [3.63, 3.8) is 0 Å². The Morgan fingerprint density at radius 3 is 2.82 bits per heavy atom. The van der Waals surface area contributed by atoms with Gasteiger partial charge in [-0.25, -0.2) is 0 Å². The Morgan fingerprint density at radius 2 is 2.18 bits per heavy atom. The zero-order valence-corrected chi connectivity index (χ0v) is 7.29. The molecule has 0 amide bonds. The second kappa shape index (κ2) is 3.53. The molecule has 2 heterocycles. The van der Waals surface area contributed by atoms with Crippen molar-refractivity contribution in [1.29, 1.82) is 0 Å². The molecule has 0 bridgehead atoms. The fraction of sp³-hybridized carbons (Fsp3) is 0.625. The highest BCUT2D eigenvalue weighted by Crippen LogP contribution is 2.18. The zero-order valence-electron chi connectivity index (χ0n) is 7.29. The lowest BCUT2D eigenvalue weighted by Crippen LogP contribution is -2.08. The van der Waals surface area contributed by atoms with Crippen LogP contribution >= 0.6 is 0 Å². The van der Waals surface area contributed by atoms with Gasteiger partial charge in [0.05, 0.1) is 0 Å². The topological polar surface area (TPSA) is 29.3 Å². The highest BCUT2D eigenvalue weighted by molar-refractivity contribution is 5.18. The molecular formula is C8H14N2O. The minimum atomic E-state index is 0.936. The normalized spacial score (nSPS) is 15.5. The molecule has 0 aromatic carbocycles. The van der Waals surface area contributed by atoms with E-state index in [-0.39, 0.29) is 0 Å². The molecule has 3 nitrogen and oxygen atoms in total. The number of hydrogen-bond donors (Lipinski definition) is 0. The van der Waals surface area contributed by atoms with Crippen molar-refractivity contribution in [2.75, 3.05) is 7.05 Å². The third-order valence-electron chi connectivity index (χ3n) is 1.59. The van der Waals surface area contributed by atoms with E-state index in [1.165, 1.54) is 5.56 Å². The number of hydrogen-bond acceptors (Lipinski definition) is 3. The molecule has 1 aliphatic heterocycles. The second-order valence-corrected chi connectivity index (χ2v) is 2.46. The highest BCUT2D eigenvalue weighted by Gasteiger charge is 2.18. The third kappa shape index (κ3) is 1.60. The van der Waals surface area contributed by atoms with Gasteiger partial charge in [-0.2, -0.15) is 0 Å². The summed E-state index contributed by atoms with van der Waals surface area (Å²) < 4.78 is 4.76. The Labute approximate surface area is 67.0 Å². The van der Waals surface area contributed by atoms with Crippen molar-refractivity contribution in [2.45, 2.75) is 26.9 Å². The maximum Gasteiger partial charge on any atom is 0.128 e. The molecule has 1 aliphatic rings. The van der Waals surface area contributed by atoms with Crippen LogP contribution in [0.3, 0.4) is 0 Å². The van der Waals surface area contributed by atoms with Crippen LogP contribution < -0.4 is 0 Å². The smallest absolute Gasteiger partial charge is 0.128 e. The van der Waals surface area contributed by atoms with Crippen LogP contribution in [0, 0.1) is 0 Å².